The van der Waals surface area contributed by atoms with Gasteiger partial charge in [-0.25, -0.2) is 4.79 Å². The maximum atomic E-state index is 11.3. The number of methoxy groups -OCH3 is 1. The molecule has 0 saturated heterocycles. The van der Waals surface area contributed by atoms with Crippen LogP contribution < -0.4 is 0 Å². The lowest BCUT2D eigenvalue weighted by molar-refractivity contribution is -0.136. The first kappa shape index (κ1) is 9.68. The van der Waals surface area contributed by atoms with Crippen molar-refractivity contribution in [2.75, 3.05) is 13.7 Å². The summed E-state index contributed by atoms with van der Waals surface area (Å²) in [5.41, 5.74) is 1.69. The van der Waals surface area contributed by atoms with Crippen molar-refractivity contribution in [2.24, 2.45) is 0 Å². The van der Waals surface area contributed by atoms with Gasteiger partial charge in [-0.1, -0.05) is 0 Å². The third-order valence-electron chi connectivity index (χ3n) is 2.87. The van der Waals surface area contributed by atoms with Crippen molar-refractivity contribution in [3.63, 3.8) is 0 Å². The maximum absolute atomic E-state index is 11.3. The molecule has 2 rings (SSSR count). The van der Waals surface area contributed by atoms with Crippen molar-refractivity contribution in [1.82, 2.24) is 0 Å². The number of carbonyl (C=O) groups is 1. The molecular formula is C10H14O4. The number of aliphatic hydroxyl groups is 1. The predicted octanol–water partition coefficient (Wildman–Crippen LogP) is 0.400. The number of fused-ring (bicyclic) bond motifs is 1. The monoisotopic (exact) mass is 198 g/mol. The fourth-order valence-electron chi connectivity index (χ4n) is 2.09. The second-order valence-electron chi connectivity index (χ2n) is 3.72. The van der Waals surface area contributed by atoms with Crippen LogP contribution in [0.25, 0.3) is 0 Å². The van der Waals surface area contributed by atoms with Crippen LogP contribution in [0.15, 0.2) is 11.1 Å². The van der Waals surface area contributed by atoms with Crippen LogP contribution in [-0.4, -0.2) is 37.0 Å². The zero-order chi connectivity index (χ0) is 10.1. The van der Waals surface area contributed by atoms with Crippen LogP contribution in [0, 0.1) is 0 Å². The highest BCUT2D eigenvalue weighted by Gasteiger charge is 2.35. The highest BCUT2D eigenvalue weighted by atomic mass is 16.5. The summed E-state index contributed by atoms with van der Waals surface area (Å²) < 4.78 is 10.1. The average Bonchev–Trinajstić information content (AvgIpc) is 2.59. The lowest BCUT2D eigenvalue weighted by Crippen LogP contribution is -2.25. The molecule has 0 radical (unpaired) electrons. The molecule has 1 aliphatic heterocycles. The van der Waals surface area contributed by atoms with Gasteiger partial charge >= 0.3 is 5.97 Å². The fraction of sp³-hybridized carbons (Fsp3) is 0.700. The first-order chi connectivity index (χ1) is 6.72. The summed E-state index contributed by atoms with van der Waals surface area (Å²) in [4.78, 5) is 11.3. The molecule has 14 heavy (non-hydrogen) atoms. The molecule has 1 heterocycles. The summed E-state index contributed by atoms with van der Waals surface area (Å²) in [6, 6.07) is 0. The standard InChI is InChI=1S/C10H14O4/c1-13-10(12)8-5-14-9-4-6(11)2-3-7(8)9/h6,9,11H,2-5H2,1H3/t6-,9-/m1/s1. The molecule has 4 heteroatoms. The maximum Gasteiger partial charge on any atom is 0.336 e. The number of hydrogen-bond donors (Lipinski definition) is 1. The van der Waals surface area contributed by atoms with Gasteiger partial charge in [-0.05, 0) is 18.4 Å². The molecule has 2 atom stereocenters. The Balaban J connectivity index is 2.18. The van der Waals surface area contributed by atoms with Gasteiger partial charge in [0.15, 0.2) is 0 Å². The summed E-state index contributed by atoms with van der Waals surface area (Å²) in [5, 5.41) is 9.42. The van der Waals surface area contributed by atoms with E-state index >= 15 is 0 Å². The molecule has 0 aromatic heterocycles. The van der Waals surface area contributed by atoms with Crippen molar-refractivity contribution in [1.29, 1.82) is 0 Å². The van der Waals surface area contributed by atoms with Crippen molar-refractivity contribution in [3.8, 4) is 0 Å². The smallest absolute Gasteiger partial charge is 0.336 e. The Kier molecular flexibility index (Phi) is 2.56. The molecule has 0 bridgehead atoms. The zero-order valence-electron chi connectivity index (χ0n) is 8.16. The molecule has 0 amide bonds. The molecule has 0 aromatic rings. The van der Waals surface area contributed by atoms with Crippen LogP contribution in [0.5, 0.6) is 0 Å². The van der Waals surface area contributed by atoms with Gasteiger partial charge in [0.1, 0.15) is 0 Å². The molecule has 0 unspecified atom stereocenters. The van der Waals surface area contributed by atoms with Crippen LogP contribution in [-0.2, 0) is 14.3 Å². The van der Waals surface area contributed by atoms with Crippen LogP contribution in [0.1, 0.15) is 19.3 Å². The molecule has 1 fully saturated rings. The molecule has 1 saturated carbocycles. The minimum atomic E-state index is -0.293. The van der Waals surface area contributed by atoms with E-state index in [4.69, 9.17) is 4.74 Å². The van der Waals surface area contributed by atoms with Crippen LogP contribution in [0.2, 0.25) is 0 Å². The van der Waals surface area contributed by atoms with E-state index in [1.807, 2.05) is 0 Å². The summed E-state index contributed by atoms with van der Waals surface area (Å²) in [6.45, 7) is 0.333. The van der Waals surface area contributed by atoms with Crippen molar-refractivity contribution in [2.45, 2.75) is 31.5 Å². The van der Waals surface area contributed by atoms with Gasteiger partial charge in [-0.3, -0.25) is 0 Å². The second-order valence-corrected chi connectivity index (χ2v) is 3.72. The van der Waals surface area contributed by atoms with Gasteiger partial charge < -0.3 is 14.6 Å². The summed E-state index contributed by atoms with van der Waals surface area (Å²) in [5.74, 6) is -0.293. The predicted molar refractivity (Wildman–Crippen MR) is 48.6 cm³/mol. The van der Waals surface area contributed by atoms with Gasteiger partial charge in [0.2, 0.25) is 0 Å². The summed E-state index contributed by atoms with van der Waals surface area (Å²) in [6.07, 6.45) is 1.72. The molecule has 0 spiro atoms. The second kappa shape index (κ2) is 3.71. The molecule has 78 valence electrons. The van der Waals surface area contributed by atoms with Crippen molar-refractivity contribution in [3.05, 3.63) is 11.1 Å². The highest BCUT2D eigenvalue weighted by Crippen LogP contribution is 2.34. The number of aliphatic hydroxyl groups excluding tert-OH is 1. The van der Waals surface area contributed by atoms with E-state index in [9.17, 15) is 9.90 Å². The third kappa shape index (κ3) is 1.55. The molecule has 1 aliphatic carbocycles. The fourth-order valence-corrected chi connectivity index (χ4v) is 2.09. The Morgan fingerprint density at radius 2 is 2.43 bits per heavy atom. The minimum Gasteiger partial charge on any atom is -0.466 e. The number of hydrogen-bond acceptors (Lipinski definition) is 4. The number of carbonyl (C=O) groups excluding carboxylic acids is 1. The topological polar surface area (TPSA) is 55.8 Å². The van der Waals surface area contributed by atoms with Crippen LogP contribution in [0.4, 0.5) is 0 Å². The molecular weight excluding hydrogens is 184 g/mol. The first-order valence-electron chi connectivity index (χ1n) is 4.82. The SMILES string of the molecule is COC(=O)C1=C2CC[C@@H](O)C[C@H]2OC1. The van der Waals surface area contributed by atoms with Crippen molar-refractivity contribution < 1.29 is 19.4 Å². The number of esters is 1. The van der Waals surface area contributed by atoms with Crippen molar-refractivity contribution >= 4 is 5.97 Å². The van der Waals surface area contributed by atoms with E-state index in [1.165, 1.54) is 7.11 Å². The largest absolute Gasteiger partial charge is 0.466 e. The number of rotatable bonds is 1. The summed E-state index contributed by atoms with van der Waals surface area (Å²) >= 11 is 0. The zero-order valence-corrected chi connectivity index (χ0v) is 8.16. The van der Waals surface area contributed by atoms with E-state index < -0.39 is 0 Å². The lowest BCUT2D eigenvalue weighted by Gasteiger charge is -2.24. The highest BCUT2D eigenvalue weighted by molar-refractivity contribution is 5.90. The van der Waals surface area contributed by atoms with E-state index in [0.29, 0.717) is 18.6 Å². The third-order valence-corrected chi connectivity index (χ3v) is 2.87. The average molecular weight is 198 g/mol. The Labute approximate surface area is 82.5 Å². The molecule has 4 nitrogen and oxygen atoms in total. The Morgan fingerprint density at radius 3 is 3.14 bits per heavy atom. The Bertz CT molecular complexity index is 282. The Morgan fingerprint density at radius 1 is 1.64 bits per heavy atom. The normalized spacial score (nSPS) is 31.6. The molecule has 0 aromatic carbocycles. The van der Waals surface area contributed by atoms with Gasteiger partial charge in [0, 0.05) is 6.42 Å². The van der Waals surface area contributed by atoms with Crippen LogP contribution >= 0.6 is 0 Å². The molecule has 2 aliphatic rings. The lowest BCUT2D eigenvalue weighted by atomic mass is 9.88. The van der Waals surface area contributed by atoms with Gasteiger partial charge in [0.05, 0.1) is 31.5 Å². The number of ether oxygens (including phenoxy) is 2. The van der Waals surface area contributed by atoms with E-state index in [-0.39, 0.29) is 18.2 Å². The van der Waals surface area contributed by atoms with Gasteiger partial charge in [-0.2, -0.15) is 0 Å². The summed E-state index contributed by atoms with van der Waals surface area (Å²) in [7, 11) is 1.38. The van der Waals surface area contributed by atoms with E-state index in [0.717, 1.165) is 18.4 Å². The quantitative estimate of drug-likeness (QED) is 0.620. The van der Waals surface area contributed by atoms with Crippen LogP contribution in [0.3, 0.4) is 0 Å². The van der Waals surface area contributed by atoms with E-state index in [1.54, 1.807) is 0 Å². The van der Waals surface area contributed by atoms with Gasteiger partial charge in [-0.15, -0.1) is 0 Å². The minimum absolute atomic E-state index is 0.0622. The van der Waals surface area contributed by atoms with Gasteiger partial charge in [0.25, 0.3) is 0 Å². The molecule has 1 N–H and O–H groups in total. The first-order valence-corrected chi connectivity index (χ1v) is 4.82. The van der Waals surface area contributed by atoms with E-state index in [2.05, 4.69) is 4.74 Å². The Hall–Kier alpha value is -0.870.